The van der Waals surface area contributed by atoms with E-state index in [0.717, 1.165) is 9.87 Å². The molecule has 3 aromatic rings. The van der Waals surface area contributed by atoms with Crippen molar-refractivity contribution in [3.05, 3.63) is 89.7 Å². The fraction of sp³-hybridized carbons (Fsp3) is 0.174. The van der Waals surface area contributed by atoms with E-state index in [0.29, 0.717) is 17.0 Å². The van der Waals surface area contributed by atoms with Crippen LogP contribution in [0.3, 0.4) is 0 Å². The number of anilines is 1. The minimum absolute atomic E-state index is 0.130. The lowest BCUT2D eigenvalue weighted by atomic mass is 10.1. The van der Waals surface area contributed by atoms with Gasteiger partial charge in [0.1, 0.15) is 11.6 Å². The molecule has 1 amide bonds. The maximum Gasteiger partial charge on any atom is 0.264 e. The first-order chi connectivity index (χ1) is 14.7. The van der Waals surface area contributed by atoms with Crippen LogP contribution >= 0.6 is 0 Å². The van der Waals surface area contributed by atoms with E-state index < -0.39 is 10.0 Å². The highest BCUT2D eigenvalue weighted by molar-refractivity contribution is 7.92. The number of sulfonamides is 1. The van der Waals surface area contributed by atoms with Gasteiger partial charge in [-0.1, -0.05) is 12.1 Å². The zero-order valence-corrected chi connectivity index (χ0v) is 18.2. The van der Waals surface area contributed by atoms with E-state index >= 15 is 0 Å². The molecule has 1 atom stereocenters. The van der Waals surface area contributed by atoms with Gasteiger partial charge < -0.3 is 10.1 Å². The van der Waals surface area contributed by atoms with Crippen molar-refractivity contribution < 1.29 is 22.3 Å². The monoisotopic (exact) mass is 442 g/mol. The minimum Gasteiger partial charge on any atom is -0.497 e. The standard InChI is InChI=1S/C23H23FN2O4S/c1-16(17-4-8-19(24)9-5-17)25-23(27)18-6-10-20(11-7-18)26(2)31(28,29)22-14-12-21(30-3)13-15-22/h4-16H,1-3H3,(H,25,27). The molecule has 0 aliphatic carbocycles. The Bertz CT molecular complexity index is 1150. The van der Waals surface area contributed by atoms with Gasteiger partial charge in [-0.25, -0.2) is 12.8 Å². The quantitative estimate of drug-likeness (QED) is 0.596. The predicted octanol–water partition coefficient (Wildman–Crippen LogP) is 4.15. The number of rotatable bonds is 7. The van der Waals surface area contributed by atoms with Gasteiger partial charge in [-0.15, -0.1) is 0 Å². The molecule has 6 nitrogen and oxygen atoms in total. The lowest BCUT2D eigenvalue weighted by Crippen LogP contribution is -2.28. The van der Waals surface area contributed by atoms with Crippen LogP contribution in [0.25, 0.3) is 0 Å². The van der Waals surface area contributed by atoms with Gasteiger partial charge in [0.15, 0.2) is 0 Å². The van der Waals surface area contributed by atoms with Gasteiger partial charge in [-0.2, -0.15) is 0 Å². The number of nitrogens with one attached hydrogen (secondary N) is 1. The number of halogens is 1. The largest absolute Gasteiger partial charge is 0.497 e. The van der Waals surface area contributed by atoms with Crippen molar-refractivity contribution in [3.63, 3.8) is 0 Å². The topological polar surface area (TPSA) is 75.7 Å². The van der Waals surface area contributed by atoms with Crippen LogP contribution in [0.4, 0.5) is 10.1 Å². The summed E-state index contributed by atoms with van der Waals surface area (Å²) in [7, 11) is -0.805. The zero-order valence-electron chi connectivity index (χ0n) is 17.4. The summed E-state index contributed by atoms with van der Waals surface area (Å²) < 4.78 is 45.0. The summed E-state index contributed by atoms with van der Waals surface area (Å²) in [6.45, 7) is 1.80. The van der Waals surface area contributed by atoms with Gasteiger partial charge >= 0.3 is 0 Å². The van der Waals surface area contributed by atoms with Crippen molar-refractivity contribution in [2.45, 2.75) is 17.9 Å². The van der Waals surface area contributed by atoms with Crippen molar-refractivity contribution >= 4 is 21.6 Å². The molecule has 1 N–H and O–H groups in total. The maximum atomic E-state index is 13.1. The second-order valence-corrected chi connectivity index (χ2v) is 8.91. The summed E-state index contributed by atoms with van der Waals surface area (Å²) in [5.41, 5.74) is 1.57. The van der Waals surface area contributed by atoms with E-state index in [4.69, 9.17) is 4.74 Å². The molecule has 162 valence electrons. The van der Waals surface area contributed by atoms with Crippen LogP contribution < -0.4 is 14.4 Å². The third-order valence-corrected chi connectivity index (χ3v) is 6.73. The van der Waals surface area contributed by atoms with Gasteiger partial charge in [0.25, 0.3) is 15.9 Å². The van der Waals surface area contributed by atoms with Crippen molar-refractivity contribution in [1.82, 2.24) is 5.32 Å². The number of nitrogens with zero attached hydrogens (tertiary/aromatic N) is 1. The van der Waals surface area contributed by atoms with Gasteiger partial charge in [0, 0.05) is 12.6 Å². The average Bonchev–Trinajstić information content (AvgIpc) is 2.79. The molecular formula is C23H23FN2O4S. The van der Waals surface area contributed by atoms with E-state index in [1.54, 1.807) is 55.5 Å². The Morgan fingerprint density at radius 2 is 1.55 bits per heavy atom. The maximum absolute atomic E-state index is 13.1. The first-order valence-electron chi connectivity index (χ1n) is 9.52. The van der Waals surface area contributed by atoms with Gasteiger partial charge in [0.05, 0.1) is 23.7 Å². The highest BCUT2D eigenvalue weighted by Gasteiger charge is 2.21. The van der Waals surface area contributed by atoms with Crippen LogP contribution in [0.2, 0.25) is 0 Å². The van der Waals surface area contributed by atoms with Gasteiger partial charge in [-0.05, 0) is 73.2 Å². The van der Waals surface area contributed by atoms with E-state index in [9.17, 15) is 17.6 Å². The molecule has 0 radical (unpaired) electrons. The number of carbonyl (C=O) groups is 1. The summed E-state index contributed by atoms with van der Waals surface area (Å²) >= 11 is 0. The lowest BCUT2D eigenvalue weighted by Gasteiger charge is -2.20. The molecule has 0 heterocycles. The van der Waals surface area contributed by atoms with Crippen LogP contribution in [0.15, 0.2) is 77.7 Å². The third kappa shape index (κ3) is 5.03. The highest BCUT2D eigenvalue weighted by atomic mass is 32.2. The number of ether oxygens (including phenoxy) is 1. The number of carbonyl (C=O) groups excluding carboxylic acids is 1. The predicted molar refractivity (Wildman–Crippen MR) is 117 cm³/mol. The molecule has 0 fully saturated rings. The summed E-state index contributed by atoms with van der Waals surface area (Å²) in [6.07, 6.45) is 0. The van der Waals surface area contributed by atoms with Crippen LogP contribution in [-0.2, 0) is 10.0 Å². The Morgan fingerprint density at radius 1 is 0.968 bits per heavy atom. The Hall–Kier alpha value is -3.39. The third-order valence-electron chi connectivity index (χ3n) is 4.93. The van der Waals surface area contributed by atoms with Crippen molar-refractivity contribution in [2.75, 3.05) is 18.5 Å². The normalized spacial score (nSPS) is 12.1. The van der Waals surface area contributed by atoms with Gasteiger partial charge in [-0.3, -0.25) is 9.10 Å². The summed E-state index contributed by atoms with van der Waals surface area (Å²) in [6, 6.07) is 18.0. The molecule has 0 aliphatic heterocycles. The minimum atomic E-state index is -3.76. The average molecular weight is 443 g/mol. The molecule has 31 heavy (non-hydrogen) atoms. The lowest BCUT2D eigenvalue weighted by molar-refractivity contribution is 0.0940. The molecular weight excluding hydrogens is 419 g/mol. The number of methoxy groups -OCH3 is 1. The molecule has 0 aliphatic rings. The van der Waals surface area contributed by atoms with Crippen molar-refractivity contribution in [3.8, 4) is 5.75 Å². The zero-order chi connectivity index (χ0) is 22.6. The molecule has 0 spiro atoms. The second-order valence-electron chi connectivity index (χ2n) is 6.94. The number of hydrogen-bond acceptors (Lipinski definition) is 4. The molecule has 3 aromatic carbocycles. The van der Waals surface area contributed by atoms with Crippen LogP contribution in [-0.4, -0.2) is 28.5 Å². The van der Waals surface area contributed by atoms with E-state index in [1.165, 1.54) is 38.4 Å². The summed E-state index contributed by atoms with van der Waals surface area (Å²) in [5, 5.41) is 2.84. The smallest absolute Gasteiger partial charge is 0.264 e. The molecule has 0 aromatic heterocycles. The van der Waals surface area contributed by atoms with Gasteiger partial charge in [0.2, 0.25) is 0 Å². The number of hydrogen-bond donors (Lipinski definition) is 1. The Balaban J connectivity index is 1.72. The first-order valence-corrected chi connectivity index (χ1v) is 11.0. The van der Waals surface area contributed by atoms with Crippen LogP contribution in [0.5, 0.6) is 5.75 Å². The number of benzene rings is 3. The van der Waals surface area contributed by atoms with Crippen molar-refractivity contribution in [2.24, 2.45) is 0 Å². The summed E-state index contributed by atoms with van der Waals surface area (Å²) in [4.78, 5) is 12.7. The Kier molecular flexibility index (Phi) is 6.60. The summed E-state index contributed by atoms with van der Waals surface area (Å²) in [5.74, 6) is -0.0950. The van der Waals surface area contributed by atoms with E-state index in [-0.39, 0.29) is 22.7 Å². The molecule has 8 heteroatoms. The van der Waals surface area contributed by atoms with Crippen LogP contribution in [0, 0.1) is 5.82 Å². The molecule has 3 rings (SSSR count). The molecule has 1 unspecified atom stereocenters. The fourth-order valence-electron chi connectivity index (χ4n) is 2.98. The molecule has 0 saturated heterocycles. The Labute approximate surface area is 181 Å². The number of amides is 1. The second kappa shape index (κ2) is 9.18. The van der Waals surface area contributed by atoms with E-state index in [2.05, 4.69) is 5.32 Å². The van der Waals surface area contributed by atoms with Crippen molar-refractivity contribution in [1.29, 1.82) is 0 Å². The molecule has 0 bridgehead atoms. The Morgan fingerprint density at radius 3 is 2.10 bits per heavy atom. The highest BCUT2D eigenvalue weighted by Crippen LogP contribution is 2.24. The SMILES string of the molecule is COc1ccc(S(=O)(=O)N(C)c2ccc(C(=O)NC(C)c3ccc(F)cc3)cc2)cc1. The van der Waals surface area contributed by atoms with E-state index in [1.807, 2.05) is 0 Å². The van der Waals surface area contributed by atoms with Crippen LogP contribution in [0.1, 0.15) is 28.9 Å². The fourth-order valence-corrected chi connectivity index (χ4v) is 4.18. The molecule has 0 saturated carbocycles. The first kappa shape index (κ1) is 22.3.